The van der Waals surface area contributed by atoms with E-state index in [1.165, 1.54) is 51.5 Å². The van der Waals surface area contributed by atoms with Gasteiger partial charge in [-0.25, -0.2) is 8.78 Å². The largest absolute Gasteiger partial charge is 0.496 e. The number of amides is 2. The number of likely N-dealkylation sites (tertiary alicyclic amines) is 1. The SMILES string of the molecule is COCn1cc(C(=O)C(=O)N(C)C)c2cc(C(=O)N3CCC(F)(Cc4ccc(F)cc4)CC3)c(OC)cc21. The molecule has 2 aromatic carbocycles. The zero-order valence-corrected chi connectivity index (χ0v) is 21.9. The molecule has 0 aliphatic carbocycles. The van der Waals surface area contributed by atoms with Crippen LogP contribution in [-0.4, -0.2) is 79.0 Å². The second-order valence-electron chi connectivity index (χ2n) is 9.78. The molecule has 0 saturated carbocycles. The summed E-state index contributed by atoms with van der Waals surface area (Å²) in [6.07, 6.45) is 1.93. The van der Waals surface area contributed by atoms with Gasteiger partial charge in [-0.2, -0.15) is 0 Å². The van der Waals surface area contributed by atoms with Gasteiger partial charge in [-0.15, -0.1) is 0 Å². The average Bonchev–Trinajstić information content (AvgIpc) is 3.25. The Morgan fingerprint density at radius 2 is 1.68 bits per heavy atom. The average molecular weight is 528 g/mol. The van der Waals surface area contributed by atoms with Gasteiger partial charge in [0.1, 0.15) is 24.0 Å². The normalized spacial score (nSPS) is 14.9. The molecule has 0 unspecified atom stereocenters. The summed E-state index contributed by atoms with van der Waals surface area (Å²) in [5.74, 6) is -1.84. The van der Waals surface area contributed by atoms with Gasteiger partial charge in [0.25, 0.3) is 17.6 Å². The highest BCUT2D eigenvalue weighted by atomic mass is 19.1. The first-order chi connectivity index (χ1) is 18.1. The Balaban J connectivity index is 1.62. The summed E-state index contributed by atoms with van der Waals surface area (Å²) < 4.78 is 41.2. The smallest absolute Gasteiger partial charge is 0.294 e. The van der Waals surface area contributed by atoms with Gasteiger partial charge in [0, 0.05) is 58.4 Å². The van der Waals surface area contributed by atoms with Crippen molar-refractivity contribution in [3.8, 4) is 5.75 Å². The van der Waals surface area contributed by atoms with Crippen molar-refractivity contribution in [2.75, 3.05) is 41.4 Å². The minimum atomic E-state index is -1.51. The molecule has 1 fully saturated rings. The molecule has 1 aliphatic rings. The van der Waals surface area contributed by atoms with Crippen molar-refractivity contribution in [3.05, 3.63) is 65.1 Å². The van der Waals surface area contributed by atoms with Crippen molar-refractivity contribution < 1.29 is 32.6 Å². The van der Waals surface area contributed by atoms with Crippen molar-refractivity contribution in [3.63, 3.8) is 0 Å². The standard InChI is InChI=1S/C28H31F2N3O5/c1-31(2)27(36)25(34)22-16-33(17-37-3)23-14-24(38-4)21(13-20(22)23)26(35)32-11-9-28(30,10-12-32)15-18-5-7-19(29)8-6-18/h5-8,13-14,16H,9-12,15,17H2,1-4H3. The number of hydrogen-bond acceptors (Lipinski definition) is 5. The van der Waals surface area contributed by atoms with Gasteiger partial charge in [0.2, 0.25) is 0 Å². The van der Waals surface area contributed by atoms with Gasteiger partial charge < -0.3 is 23.8 Å². The summed E-state index contributed by atoms with van der Waals surface area (Å²) in [4.78, 5) is 41.7. The first-order valence-electron chi connectivity index (χ1n) is 12.3. The van der Waals surface area contributed by atoms with Crippen LogP contribution in [0.5, 0.6) is 5.75 Å². The van der Waals surface area contributed by atoms with E-state index >= 15 is 4.39 Å². The fourth-order valence-corrected chi connectivity index (χ4v) is 4.82. The predicted molar refractivity (Wildman–Crippen MR) is 138 cm³/mol. The molecule has 38 heavy (non-hydrogen) atoms. The van der Waals surface area contributed by atoms with E-state index in [9.17, 15) is 18.8 Å². The molecule has 0 atom stereocenters. The summed E-state index contributed by atoms with van der Waals surface area (Å²) in [5.41, 5.74) is 0.118. The summed E-state index contributed by atoms with van der Waals surface area (Å²) in [7, 11) is 5.92. The third-order valence-corrected chi connectivity index (χ3v) is 6.93. The Kier molecular flexibility index (Phi) is 7.82. The Hall–Kier alpha value is -3.79. The quantitative estimate of drug-likeness (QED) is 0.328. The molecule has 1 saturated heterocycles. The highest BCUT2D eigenvalue weighted by Crippen LogP contribution is 2.34. The number of carbonyl (C=O) groups excluding carboxylic acids is 3. The number of Topliss-reactive ketones (excluding diaryl/α,β-unsaturated/α-hetero) is 1. The minimum absolute atomic E-state index is 0.120. The van der Waals surface area contributed by atoms with Crippen LogP contribution in [0, 0.1) is 5.82 Å². The van der Waals surface area contributed by atoms with E-state index < -0.39 is 17.4 Å². The first-order valence-corrected chi connectivity index (χ1v) is 12.3. The number of hydrogen-bond donors (Lipinski definition) is 0. The van der Waals surface area contributed by atoms with Crippen molar-refractivity contribution in [2.45, 2.75) is 31.7 Å². The number of rotatable bonds is 8. The van der Waals surface area contributed by atoms with Crippen molar-refractivity contribution >= 4 is 28.5 Å². The van der Waals surface area contributed by atoms with Crippen LogP contribution in [0.1, 0.15) is 39.1 Å². The van der Waals surface area contributed by atoms with E-state index in [1.807, 2.05) is 0 Å². The molecule has 0 bridgehead atoms. The Bertz CT molecular complexity index is 1360. The Labute approximate surface area is 219 Å². The number of ketones is 1. The number of methoxy groups -OCH3 is 2. The molecule has 1 aliphatic heterocycles. The van der Waals surface area contributed by atoms with Crippen molar-refractivity contribution in [2.24, 2.45) is 0 Å². The molecule has 2 amide bonds. The molecular weight excluding hydrogens is 496 g/mol. The number of nitrogens with zero attached hydrogens (tertiary/aromatic N) is 3. The number of alkyl halides is 1. The second-order valence-corrected chi connectivity index (χ2v) is 9.78. The maximum absolute atomic E-state index is 15.6. The van der Waals surface area contributed by atoms with Crippen LogP contribution in [0.2, 0.25) is 0 Å². The summed E-state index contributed by atoms with van der Waals surface area (Å²) in [6, 6.07) is 8.95. The maximum atomic E-state index is 15.6. The topological polar surface area (TPSA) is 81.1 Å². The Morgan fingerprint density at radius 3 is 2.26 bits per heavy atom. The predicted octanol–water partition coefficient (Wildman–Crippen LogP) is 3.85. The lowest BCUT2D eigenvalue weighted by atomic mass is 9.86. The first kappa shape index (κ1) is 27.3. The molecule has 2 heterocycles. The van der Waals surface area contributed by atoms with E-state index in [1.54, 1.807) is 33.7 Å². The molecule has 202 valence electrons. The minimum Gasteiger partial charge on any atom is -0.496 e. The number of piperidine rings is 1. The van der Waals surface area contributed by atoms with E-state index in [0.717, 1.165) is 0 Å². The molecular formula is C28H31F2N3O5. The lowest BCUT2D eigenvalue weighted by Crippen LogP contribution is -2.45. The number of benzene rings is 2. The molecule has 10 heteroatoms. The third kappa shape index (κ3) is 5.40. The summed E-state index contributed by atoms with van der Waals surface area (Å²) in [5, 5.41) is 0.416. The lowest BCUT2D eigenvalue weighted by Gasteiger charge is -2.36. The van der Waals surface area contributed by atoms with Crippen LogP contribution in [0.3, 0.4) is 0 Å². The van der Waals surface area contributed by atoms with E-state index in [-0.39, 0.29) is 61.9 Å². The van der Waals surface area contributed by atoms with Crippen LogP contribution in [0.4, 0.5) is 8.78 Å². The summed E-state index contributed by atoms with van der Waals surface area (Å²) >= 11 is 0. The van der Waals surface area contributed by atoms with E-state index in [4.69, 9.17) is 9.47 Å². The second kappa shape index (κ2) is 10.9. The number of halogens is 2. The maximum Gasteiger partial charge on any atom is 0.294 e. The number of carbonyl (C=O) groups is 3. The van der Waals surface area contributed by atoms with Gasteiger partial charge >= 0.3 is 0 Å². The van der Waals surface area contributed by atoms with Gasteiger partial charge in [0.15, 0.2) is 0 Å². The zero-order chi connectivity index (χ0) is 27.6. The van der Waals surface area contributed by atoms with Crippen LogP contribution in [-0.2, 0) is 22.7 Å². The molecule has 1 aromatic heterocycles. The van der Waals surface area contributed by atoms with Crippen LogP contribution in [0.25, 0.3) is 10.9 Å². The van der Waals surface area contributed by atoms with E-state index in [0.29, 0.717) is 22.2 Å². The fraction of sp³-hybridized carbons (Fsp3) is 0.393. The lowest BCUT2D eigenvalue weighted by molar-refractivity contribution is -0.124. The van der Waals surface area contributed by atoms with E-state index in [2.05, 4.69) is 0 Å². The van der Waals surface area contributed by atoms with Gasteiger partial charge in [0.05, 0.1) is 23.8 Å². The molecule has 0 N–H and O–H groups in total. The van der Waals surface area contributed by atoms with Crippen molar-refractivity contribution in [1.82, 2.24) is 14.4 Å². The monoisotopic (exact) mass is 527 g/mol. The Morgan fingerprint density at radius 1 is 1.03 bits per heavy atom. The number of ether oxygens (including phenoxy) is 2. The number of aromatic nitrogens is 1. The third-order valence-electron chi connectivity index (χ3n) is 6.93. The highest BCUT2D eigenvalue weighted by Gasteiger charge is 2.37. The van der Waals surface area contributed by atoms with Crippen LogP contribution in [0.15, 0.2) is 42.6 Å². The molecule has 3 aromatic rings. The van der Waals surface area contributed by atoms with Gasteiger partial charge in [-0.05, 0) is 36.6 Å². The molecule has 4 rings (SSSR count). The number of likely N-dealkylation sites (N-methyl/N-ethyl adjacent to an activating group) is 1. The van der Waals surface area contributed by atoms with Crippen molar-refractivity contribution in [1.29, 1.82) is 0 Å². The van der Waals surface area contributed by atoms with Crippen LogP contribution >= 0.6 is 0 Å². The zero-order valence-electron chi connectivity index (χ0n) is 21.9. The van der Waals surface area contributed by atoms with Gasteiger partial charge in [-0.3, -0.25) is 14.4 Å². The fourth-order valence-electron chi connectivity index (χ4n) is 4.82. The molecule has 0 radical (unpaired) electrons. The highest BCUT2D eigenvalue weighted by molar-refractivity contribution is 6.44. The van der Waals surface area contributed by atoms with Gasteiger partial charge in [-0.1, -0.05) is 12.1 Å². The molecule has 0 spiro atoms. The molecule has 8 nitrogen and oxygen atoms in total. The summed E-state index contributed by atoms with van der Waals surface area (Å²) in [6.45, 7) is 0.496. The number of fused-ring (bicyclic) bond motifs is 1. The van der Waals surface area contributed by atoms with Crippen LogP contribution < -0.4 is 4.74 Å².